The summed E-state index contributed by atoms with van der Waals surface area (Å²) in [6.07, 6.45) is 1.90. The van der Waals surface area contributed by atoms with E-state index in [1.54, 1.807) is 0 Å². The lowest BCUT2D eigenvalue weighted by atomic mass is 9.86. The molecule has 0 amide bonds. The van der Waals surface area contributed by atoms with Crippen molar-refractivity contribution in [3.8, 4) is 0 Å². The molecule has 1 aromatic heterocycles. The van der Waals surface area contributed by atoms with E-state index in [0.29, 0.717) is 6.54 Å². The molecular formula is C11H18N2. The Balaban J connectivity index is 3.16. The smallest absolute Gasteiger partial charge is 0.0501 e. The van der Waals surface area contributed by atoms with Gasteiger partial charge in [-0.3, -0.25) is 4.98 Å². The second-order valence-electron chi connectivity index (χ2n) is 4.27. The minimum Gasteiger partial charge on any atom is -0.330 e. The van der Waals surface area contributed by atoms with Gasteiger partial charge in [-0.05, 0) is 25.0 Å². The summed E-state index contributed by atoms with van der Waals surface area (Å²) in [6, 6.07) is 2.15. The van der Waals surface area contributed by atoms with Gasteiger partial charge >= 0.3 is 0 Å². The van der Waals surface area contributed by atoms with Gasteiger partial charge in [0.25, 0.3) is 0 Å². The molecule has 0 aromatic carbocycles. The van der Waals surface area contributed by atoms with Crippen LogP contribution in [0.25, 0.3) is 0 Å². The molecule has 0 saturated heterocycles. The highest BCUT2D eigenvalue weighted by molar-refractivity contribution is 5.28. The van der Waals surface area contributed by atoms with E-state index in [9.17, 15) is 0 Å². The lowest BCUT2D eigenvalue weighted by molar-refractivity contribution is 0.518. The Kier molecular flexibility index (Phi) is 2.71. The largest absolute Gasteiger partial charge is 0.330 e. The fourth-order valence-electron chi connectivity index (χ4n) is 1.52. The first-order valence-corrected chi connectivity index (χ1v) is 4.61. The second kappa shape index (κ2) is 3.46. The van der Waals surface area contributed by atoms with Crippen LogP contribution in [0, 0.1) is 13.8 Å². The molecule has 13 heavy (non-hydrogen) atoms. The molecule has 0 aliphatic carbocycles. The zero-order chi connectivity index (χ0) is 10.1. The Bertz CT molecular complexity index is 303. The first kappa shape index (κ1) is 10.2. The molecule has 0 bridgehead atoms. The van der Waals surface area contributed by atoms with Crippen molar-refractivity contribution in [1.29, 1.82) is 0 Å². The van der Waals surface area contributed by atoms with Crippen molar-refractivity contribution in [2.75, 3.05) is 6.54 Å². The van der Waals surface area contributed by atoms with Gasteiger partial charge in [-0.1, -0.05) is 19.9 Å². The number of rotatable bonds is 2. The van der Waals surface area contributed by atoms with Crippen LogP contribution >= 0.6 is 0 Å². The van der Waals surface area contributed by atoms with Crippen molar-refractivity contribution in [3.63, 3.8) is 0 Å². The van der Waals surface area contributed by atoms with E-state index in [2.05, 4.69) is 38.7 Å². The average molecular weight is 178 g/mol. The Hall–Kier alpha value is -0.890. The highest BCUT2D eigenvalue weighted by Gasteiger charge is 2.21. The van der Waals surface area contributed by atoms with E-state index >= 15 is 0 Å². The molecule has 2 heteroatoms. The van der Waals surface area contributed by atoms with Gasteiger partial charge < -0.3 is 5.73 Å². The molecule has 1 heterocycles. The standard InChI is InChI=1S/C11H18N2/c1-8-5-9(2)10(13-6-8)11(3,4)7-12/h5-6H,7,12H2,1-4H3. The van der Waals surface area contributed by atoms with Crippen molar-refractivity contribution in [3.05, 3.63) is 29.1 Å². The Labute approximate surface area is 80.2 Å². The van der Waals surface area contributed by atoms with Crippen molar-refractivity contribution in [1.82, 2.24) is 4.98 Å². The average Bonchev–Trinajstić information content (AvgIpc) is 2.03. The van der Waals surface area contributed by atoms with E-state index in [4.69, 9.17) is 5.73 Å². The number of nitrogens with two attached hydrogens (primary N) is 1. The van der Waals surface area contributed by atoms with Gasteiger partial charge in [0.2, 0.25) is 0 Å². The molecule has 2 N–H and O–H groups in total. The number of nitrogens with zero attached hydrogens (tertiary/aromatic N) is 1. The van der Waals surface area contributed by atoms with Crippen molar-refractivity contribution >= 4 is 0 Å². The fourth-order valence-corrected chi connectivity index (χ4v) is 1.52. The molecule has 0 radical (unpaired) electrons. The summed E-state index contributed by atoms with van der Waals surface area (Å²) < 4.78 is 0. The highest BCUT2D eigenvalue weighted by atomic mass is 14.7. The summed E-state index contributed by atoms with van der Waals surface area (Å²) >= 11 is 0. The SMILES string of the molecule is Cc1cnc(C(C)(C)CN)c(C)c1. The minimum atomic E-state index is -0.0161. The summed E-state index contributed by atoms with van der Waals surface area (Å²) in [6.45, 7) is 9.02. The zero-order valence-corrected chi connectivity index (χ0v) is 8.89. The van der Waals surface area contributed by atoms with Gasteiger partial charge in [-0.25, -0.2) is 0 Å². The summed E-state index contributed by atoms with van der Waals surface area (Å²) in [5, 5.41) is 0. The van der Waals surface area contributed by atoms with Crippen LogP contribution in [0.4, 0.5) is 0 Å². The first-order valence-electron chi connectivity index (χ1n) is 4.61. The predicted molar refractivity (Wildman–Crippen MR) is 55.8 cm³/mol. The first-order chi connectivity index (χ1) is 5.97. The Morgan fingerprint density at radius 3 is 2.46 bits per heavy atom. The maximum Gasteiger partial charge on any atom is 0.0501 e. The molecule has 72 valence electrons. The van der Waals surface area contributed by atoms with Gasteiger partial charge in [0.05, 0.1) is 5.69 Å². The van der Waals surface area contributed by atoms with Crippen LogP contribution in [0.1, 0.15) is 30.7 Å². The monoisotopic (exact) mass is 178 g/mol. The molecule has 0 unspecified atom stereocenters. The van der Waals surface area contributed by atoms with E-state index in [0.717, 1.165) is 5.69 Å². The van der Waals surface area contributed by atoms with Crippen molar-refractivity contribution in [2.45, 2.75) is 33.1 Å². The van der Waals surface area contributed by atoms with E-state index in [1.807, 2.05) is 6.20 Å². The number of hydrogen-bond donors (Lipinski definition) is 1. The third-order valence-corrected chi connectivity index (χ3v) is 2.37. The highest BCUT2D eigenvalue weighted by Crippen LogP contribution is 2.23. The van der Waals surface area contributed by atoms with Crippen LogP contribution in [-0.4, -0.2) is 11.5 Å². The number of pyridine rings is 1. The third kappa shape index (κ3) is 2.07. The maximum atomic E-state index is 5.71. The van der Waals surface area contributed by atoms with Crippen molar-refractivity contribution in [2.24, 2.45) is 5.73 Å². The van der Waals surface area contributed by atoms with Gasteiger partial charge in [-0.15, -0.1) is 0 Å². The van der Waals surface area contributed by atoms with Crippen LogP contribution in [0.5, 0.6) is 0 Å². The molecular weight excluding hydrogens is 160 g/mol. The lowest BCUT2D eigenvalue weighted by Crippen LogP contribution is -2.30. The minimum absolute atomic E-state index is 0.0161. The third-order valence-electron chi connectivity index (χ3n) is 2.37. The number of hydrogen-bond acceptors (Lipinski definition) is 2. The molecule has 1 rings (SSSR count). The molecule has 0 saturated carbocycles. The van der Waals surface area contributed by atoms with E-state index < -0.39 is 0 Å². The van der Waals surface area contributed by atoms with Crippen LogP contribution < -0.4 is 5.73 Å². The number of aromatic nitrogens is 1. The van der Waals surface area contributed by atoms with Gasteiger partial charge in [0.15, 0.2) is 0 Å². The van der Waals surface area contributed by atoms with E-state index in [-0.39, 0.29) is 5.41 Å². The summed E-state index contributed by atoms with van der Waals surface area (Å²) in [5.74, 6) is 0. The van der Waals surface area contributed by atoms with Crippen molar-refractivity contribution < 1.29 is 0 Å². The zero-order valence-electron chi connectivity index (χ0n) is 8.89. The Morgan fingerprint density at radius 1 is 1.38 bits per heavy atom. The number of aryl methyl sites for hydroxylation is 2. The fraction of sp³-hybridized carbons (Fsp3) is 0.545. The maximum absolute atomic E-state index is 5.71. The molecule has 0 spiro atoms. The lowest BCUT2D eigenvalue weighted by Gasteiger charge is -2.23. The normalized spacial score (nSPS) is 11.8. The predicted octanol–water partition coefficient (Wildman–Crippen LogP) is 1.93. The van der Waals surface area contributed by atoms with Gasteiger partial charge in [0.1, 0.15) is 0 Å². The van der Waals surface area contributed by atoms with Crippen LogP contribution in [0.3, 0.4) is 0 Å². The molecule has 1 aromatic rings. The van der Waals surface area contributed by atoms with E-state index in [1.165, 1.54) is 11.1 Å². The van der Waals surface area contributed by atoms with Crippen LogP contribution in [-0.2, 0) is 5.41 Å². The molecule has 0 aliphatic heterocycles. The quantitative estimate of drug-likeness (QED) is 0.751. The van der Waals surface area contributed by atoms with Crippen LogP contribution in [0.15, 0.2) is 12.3 Å². The molecule has 0 aliphatic rings. The molecule has 0 fully saturated rings. The second-order valence-corrected chi connectivity index (χ2v) is 4.27. The summed E-state index contributed by atoms with van der Waals surface area (Å²) in [4.78, 5) is 4.44. The summed E-state index contributed by atoms with van der Waals surface area (Å²) in [5.41, 5.74) is 9.24. The molecule has 0 atom stereocenters. The Morgan fingerprint density at radius 2 is 2.00 bits per heavy atom. The topological polar surface area (TPSA) is 38.9 Å². The molecule has 2 nitrogen and oxygen atoms in total. The van der Waals surface area contributed by atoms with Gasteiger partial charge in [-0.2, -0.15) is 0 Å². The summed E-state index contributed by atoms with van der Waals surface area (Å²) in [7, 11) is 0. The van der Waals surface area contributed by atoms with Crippen LogP contribution in [0.2, 0.25) is 0 Å². The van der Waals surface area contributed by atoms with Gasteiger partial charge in [0, 0.05) is 18.2 Å².